The maximum Gasteiger partial charge on any atom is 0.355 e. The van der Waals surface area contributed by atoms with Gasteiger partial charge in [-0.3, -0.25) is 4.68 Å². The van der Waals surface area contributed by atoms with Crippen LogP contribution in [0.4, 0.5) is 4.39 Å². The number of benzene rings is 2. The maximum atomic E-state index is 16.1. The van der Waals surface area contributed by atoms with Crippen molar-refractivity contribution in [2.75, 3.05) is 26.0 Å². The summed E-state index contributed by atoms with van der Waals surface area (Å²) < 4.78 is 59.1. The van der Waals surface area contributed by atoms with E-state index in [4.69, 9.17) is 9.47 Å². The van der Waals surface area contributed by atoms with Crippen LogP contribution in [-0.4, -0.2) is 59.1 Å². The molecule has 0 saturated heterocycles. The SMILES string of the molecule is CCOC(=O)c1c(CCCOc2cccc3c2CCCC3)c2ccc(F)c3c2n1CCCS(=O)(=O)N(C)Cc1nn(C)c(C)c1-3. The summed E-state index contributed by atoms with van der Waals surface area (Å²) in [5.41, 5.74) is 6.32. The minimum absolute atomic E-state index is 0.00794. The van der Waals surface area contributed by atoms with Crippen LogP contribution >= 0.6 is 0 Å². The zero-order valence-electron chi connectivity index (χ0n) is 26.5. The smallest absolute Gasteiger partial charge is 0.355 e. The van der Waals surface area contributed by atoms with Crippen molar-refractivity contribution in [3.05, 3.63) is 69.9 Å². The van der Waals surface area contributed by atoms with E-state index < -0.39 is 21.8 Å². The van der Waals surface area contributed by atoms with Crippen molar-refractivity contribution < 1.29 is 27.1 Å². The quantitative estimate of drug-likeness (QED) is 0.190. The number of nitrogens with zero attached hydrogens (tertiary/aromatic N) is 4. The molecular formula is C34H41FN4O5S. The van der Waals surface area contributed by atoms with E-state index in [1.165, 1.54) is 35.0 Å². The van der Waals surface area contributed by atoms with E-state index >= 15 is 4.39 Å². The Morgan fingerprint density at radius 2 is 1.87 bits per heavy atom. The number of esters is 1. The molecule has 6 rings (SSSR count). The molecule has 2 aliphatic rings. The van der Waals surface area contributed by atoms with Gasteiger partial charge in [-0.15, -0.1) is 0 Å². The van der Waals surface area contributed by atoms with E-state index in [0.29, 0.717) is 53.2 Å². The zero-order valence-corrected chi connectivity index (χ0v) is 27.3. The first-order valence-electron chi connectivity index (χ1n) is 15.8. The van der Waals surface area contributed by atoms with E-state index in [9.17, 15) is 13.2 Å². The molecule has 3 heterocycles. The summed E-state index contributed by atoms with van der Waals surface area (Å²) in [5.74, 6) is -0.166. The van der Waals surface area contributed by atoms with Crippen LogP contribution in [0, 0.1) is 12.7 Å². The van der Waals surface area contributed by atoms with E-state index in [1.54, 1.807) is 29.3 Å². The highest BCUT2D eigenvalue weighted by atomic mass is 32.2. The number of rotatable bonds is 7. The second-order valence-corrected chi connectivity index (χ2v) is 14.2. The molecule has 0 N–H and O–H groups in total. The highest BCUT2D eigenvalue weighted by Crippen LogP contribution is 2.41. The van der Waals surface area contributed by atoms with Gasteiger partial charge in [-0.2, -0.15) is 9.40 Å². The van der Waals surface area contributed by atoms with E-state index in [0.717, 1.165) is 36.0 Å². The molecule has 1 aliphatic heterocycles. The topological polar surface area (TPSA) is 95.7 Å². The number of sulfonamides is 1. The lowest BCUT2D eigenvalue weighted by Gasteiger charge is -2.19. The standard InChI is InChI=1S/C34H41FN4O5S/c1-5-43-34(40)33-25(14-9-19-44-29-15-8-12-23-11-6-7-13-24(23)29)26-16-17-27(35)31-30-22(2)38(4)36-28(30)21-37(3)45(41,42)20-10-18-39(33)32(26)31/h8,12,15-17H,5-7,9-11,13-14,18-21H2,1-4H3. The number of halogens is 1. The van der Waals surface area contributed by atoms with Gasteiger partial charge < -0.3 is 14.0 Å². The number of ether oxygens (including phenoxy) is 2. The molecule has 0 unspecified atom stereocenters. The van der Waals surface area contributed by atoms with Crippen LogP contribution in [0.15, 0.2) is 30.3 Å². The van der Waals surface area contributed by atoms with Crippen molar-refractivity contribution in [1.29, 1.82) is 0 Å². The molecule has 11 heteroatoms. The minimum Gasteiger partial charge on any atom is -0.493 e. The van der Waals surface area contributed by atoms with Gasteiger partial charge in [-0.1, -0.05) is 12.1 Å². The molecule has 0 fully saturated rings. The monoisotopic (exact) mass is 636 g/mol. The van der Waals surface area contributed by atoms with Gasteiger partial charge in [0.05, 0.1) is 36.7 Å². The molecule has 0 spiro atoms. The van der Waals surface area contributed by atoms with Crippen LogP contribution in [-0.2, 0) is 54.2 Å². The predicted octanol–water partition coefficient (Wildman–Crippen LogP) is 5.72. The Morgan fingerprint density at radius 1 is 1.07 bits per heavy atom. The highest BCUT2D eigenvalue weighted by Gasteiger charge is 2.32. The summed E-state index contributed by atoms with van der Waals surface area (Å²) in [6.45, 7) is 4.44. The molecule has 0 bridgehead atoms. The Balaban J connectivity index is 1.47. The summed E-state index contributed by atoms with van der Waals surface area (Å²) in [5, 5.41) is 5.36. The molecule has 0 amide bonds. The van der Waals surface area contributed by atoms with Crippen molar-refractivity contribution >= 4 is 26.9 Å². The third-order valence-corrected chi connectivity index (χ3v) is 11.1. The van der Waals surface area contributed by atoms with Crippen LogP contribution < -0.4 is 4.74 Å². The van der Waals surface area contributed by atoms with Gasteiger partial charge in [0.15, 0.2) is 0 Å². The maximum absolute atomic E-state index is 16.1. The lowest BCUT2D eigenvalue weighted by atomic mass is 9.91. The fourth-order valence-electron chi connectivity index (χ4n) is 6.94. The number of carbonyl (C=O) groups is 1. The molecule has 1 aliphatic carbocycles. The normalized spacial score (nSPS) is 16.6. The van der Waals surface area contributed by atoms with Crippen LogP contribution in [0.25, 0.3) is 22.0 Å². The molecule has 2 aromatic carbocycles. The molecule has 45 heavy (non-hydrogen) atoms. The second kappa shape index (κ2) is 12.6. The summed E-state index contributed by atoms with van der Waals surface area (Å²) in [4.78, 5) is 13.7. The Morgan fingerprint density at radius 3 is 2.67 bits per heavy atom. The number of hydrogen-bond donors (Lipinski definition) is 0. The van der Waals surface area contributed by atoms with Crippen LogP contribution in [0.2, 0.25) is 0 Å². The Hall–Kier alpha value is -3.70. The third-order valence-electron chi connectivity index (χ3n) is 9.22. The van der Waals surface area contributed by atoms with Crippen molar-refractivity contribution in [3.8, 4) is 16.9 Å². The molecular weight excluding hydrogens is 595 g/mol. The summed E-state index contributed by atoms with van der Waals surface area (Å²) in [7, 11) is -0.348. The summed E-state index contributed by atoms with van der Waals surface area (Å²) in [6.07, 6.45) is 5.80. The lowest BCUT2D eigenvalue weighted by molar-refractivity contribution is 0.0512. The van der Waals surface area contributed by atoms with Crippen LogP contribution in [0.3, 0.4) is 0 Å². The number of carbonyl (C=O) groups excluding carboxylic acids is 1. The van der Waals surface area contributed by atoms with Crippen LogP contribution in [0.1, 0.15) is 71.2 Å². The van der Waals surface area contributed by atoms with E-state index in [1.807, 2.05) is 19.1 Å². The van der Waals surface area contributed by atoms with Gasteiger partial charge in [0.1, 0.15) is 17.3 Å². The van der Waals surface area contributed by atoms with Crippen molar-refractivity contribution in [2.45, 2.75) is 71.9 Å². The van der Waals surface area contributed by atoms with Crippen molar-refractivity contribution in [2.24, 2.45) is 7.05 Å². The number of aryl methyl sites for hydroxylation is 4. The average Bonchev–Trinajstić information content (AvgIpc) is 3.47. The zero-order chi connectivity index (χ0) is 31.9. The third kappa shape index (κ3) is 5.76. The number of aromatic nitrogens is 3. The largest absolute Gasteiger partial charge is 0.493 e. The van der Waals surface area contributed by atoms with Gasteiger partial charge in [-0.05, 0) is 93.7 Å². The lowest BCUT2D eigenvalue weighted by Crippen LogP contribution is -2.29. The number of fused-ring (bicyclic) bond motifs is 3. The van der Waals surface area contributed by atoms with Gasteiger partial charge in [0, 0.05) is 42.8 Å². The molecule has 0 saturated carbocycles. The Bertz CT molecular complexity index is 1880. The molecule has 0 atom stereocenters. The highest BCUT2D eigenvalue weighted by molar-refractivity contribution is 7.89. The summed E-state index contributed by atoms with van der Waals surface area (Å²) in [6, 6.07) is 9.41. The summed E-state index contributed by atoms with van der Waals surface area (Å²) >= 11 is 0. The van der Waals surface area contributed by atoms with E-state index in [-0.39, 0.29) is 31.9 Å². The molecule has 9 nitrogen and oxygen atoms in total. The van der Waals surface area contributed by atoms with Crippen molar-refractivity contribution in [3.63, 3.8) is 0 Å². The van der Waals surface area contributed by atoms with Gasteiger partial charge >= 0.3 is 5.97 Å². The fourth-order valence-corrected chi connectivity index (χ4v) is 8.06. The average molecular weight is 637 g/mol. The van der Waals surface area contributed by atoms with E-state index in [2.05, 4.69) is 11.2 Å². The minimum atomic E-state index is -3.63. The van der Waals surface area contributed by atoms with Gasteiger partial charge in [-0.25, -0.2) is 17.6 Å². The first-order chi connectivity index (χ1) is 21.6. The molecule has 4 aromatic rings. The Labute approximate surface area is 264 Å². The van der Waals surface area contributed by atoms with Gasteiger partial charge in [0.2, 0.25) is 10.0 Å². The molecule has 0 radical (unpaired) electrons. The Kier molecular flexibility index (Phi) is 8.76. The van der Waals surface area contributed by atoms with Crippen LogP contribution in [0.5, 0.6) is 5.75 Å². The van der Waals surface area contributed by atoms with Gasteiger partial charge in [0.25, 0.3) is 0 Å². The second-order valence-electron chi connectivity index (χ2n) is 12.0. The fraction of sp³-hybridized carbons (Fsp3) is 0.471. The molecule has 2 aromatic heterocycles. The number of hydrogen-bond acceptors (Lipinski definition) is 6. The predicted molar refractivity (Wildman–Crippen MR) is 172 cm³/mol. The first kappa shape index (κ1) is 31.3. The van der Waals surface area contributed by atoms with Crippen molar-refractivity contribution in [1.82, 2.24) is 18.7 Å². The molecule has 240 valence electrons. The first-order valence-corrected chi connectivity index (χ1v) is 17.4.